The zero-order chi connectivity index (χ0) is 15.8. The van der Waals surface area contributed by atoms with Gasteiger partial charge in [-0.2, -0.15) is 0 Å². The van der Waals surface area contributed by atoms with Crippen LogP contribution in [0.1, 0.15) is 34.8 Å². The molecular formula is C16H21NO3S. The van der Waals surface area contributed by atoms with Crippen LogP contribution in [0.15, 0.2) is 18.2 Å². The molecule has 1 amide bonds. The minimum absolute atomic E-state index is 0.0261. The number of aliphatic hydroxyl groups excluding tert-OH is 1. The van der Waals surface area contributed by atoms with Crippen LogP contribution in [0.2, 0.25) is 0 Å². The van der Waals surface area contributed by atoms with Gasteiger partial charge in [0.2, 0.25) is 0 Å². The van der Waals surface area contributed by atoms with Gasteiger partial charge in [-0.15, -0.1) is 0 Å². The van der Waals surface area contributed by atoms with Gasteiger partial charge in [0, 0.05) is 46.4 Å². The zero-order valence-corrected chi connectivity index (χ0v) is 13.4. The number of carbonyl (C=O) groups is 1. The maximum atomic E-state index is 12.1. The summed E-state index contributed by atoms with van der Waals surface area (Å²) >= 11 is 0. The summed E-state index contributed by atoms with van der Waals surface area (Å²) in [5.41, 5.74) is 2.30. The molecule has 0 aromatic heterocycles. The predicted molar refractivity (Wildman–Crippen MR) is 85.6 cm³/mol. The zero-order valence-electron chi connectivity index (χ0n) is 12.6. The molecule has 0 aliphatic rings. The molecule has 21 heavy (non-hydrogen) atoms. The molecule has 1 aromatic rings. The van der Waals surface area contributed by atoms with Crippen molar-refractivity contribution in [3.05, 3.63) is 34.9 Å². The van der Waals surface area contributed by atoms with Crippen molar-refractivity contribution in [1.82, 2.24) is 5.32 Å². The lowest BCUT2D eigenvalue weighted by molar-refractivity contribution is 0.0954. The van der Waals surface area contributed by atoms with Gasteiger partial charge in [0.05, 0.1) is 6.61 Å². The van der Waals surface area contributed by atoms with Gasteiger partial charge in [0.15, 0.2) is 0 Å². The van der Waals surface area contributed by atoms with Crippen LogP contribution in [0.3, 0.4) is 0 Å². The minimum atomic E-state index is -0.957. The Morgan fingerprint density at radius 2 is 2.19 bits per heavy atom. The van der Waals surface area contributed by atoms with E-state index < -0.39 is 10.8 Å². The molecule has 0 heterocycles. The summed E-state index contributed by atoms with van der Waals surface area (Å²) in [4.78, 5) is 12.1. The van der Waals surface area contributed by atoms with E-state index in [1.165, 1.54) is 0 Å². The van der Waals surface area contributed by atoms with E-state index in [4.69, 9.17) is 5.11 Å². The number of amides is 1. The van der Waals surface area contributed by atoms with E-state index in [2.05, 4.69) is 17.2 Å². The van der Waals surface area contributed by atoms with Crippen molar-refractivity contribution in [2.75, 3.05) is 19.4 Å². The van der Waals surface area contributed by atoms with E-state index in [1.807, 2.05) is 19.9 Å². The summed E-state index contributed by atoms with van der Waals surface area (Å²) in [7, 11) is -0.957. The Morgan fingerprint density at radius 3 is 2.81 bits per heavy atom. The summed E-state index contributed by atoms with van der Waals surface area (Å²) in [6, 6.07) is 5.33. The fourth-order valence-electron chi connectivity index (χ4n) is 1.57. The van der Waals surface area contributed by atoms with Gasteiger partial charge in [-0.05, 0) is 31.5 Å². The maximum Gasteiger partial charge on any atom is 0.251 e. The third-order valence-electron chi connectivity index (χ3n) is 3.08. The van der Waals surface area contributed by atoms with Crippen LogP contribution >= 0.6 is 0 Å². The molecular weight excluding hydrogens is 286 g/mol. The van der Waals surface area contributed by atoms with Gasteiger partial charge in [-0.1, -0.05) is 17.9 Å². The first kappa shape index (κ1) is 17.4. The quantitative estimate of drug-likeness (QED) is 0.804. The monoisotopic (exact) mass is 307 g/mol. The molecule has 1 rings (SSSR count). The predicted octanol–water partition coefficient (Wildman–Crippen LogP) is 1.23. The van der Waals surface area contributed by atoms with Crippen LogP contribution in [0.25, 0.3) is 0 Å². The summed E-state index contributed by atoms with van der Waals surface area (Å²) in [5, 5.41) is 11.4. The third kappa shape index (κ3) is 5.70. The molecule has 0 saturated carbocycles. The summed E-state index contributed by atoms with van der Waals surface area (Å²) in [6.07, 6.45) is 2.03. The van der Waals surface area contributed by atoms with E-state index in [-0.39, 0.29) is 17.8 Å². The van der Waals surface area contributed by atoms with E-state index >= 15 is 0 Å². The van der Waals surface area contributed by atoms with E-state index in [0.29, 0.717) is 18.5 Å². The molecule has 4 nitrogen and oxygen atoms in total. The van der Waals surface area contributed by atoms with Gasteiger partial charge in [-0.3, -0.25) is 9.00 Å². The second-order valence-corrected chi connectivity index (χ2v) is 6.63. The van der Waals surface area contributed by atoms with Crippen molar-refractivity contribution in [2.24, 2.45) is 0 Å². The smallest absolute Gasteiger partial charge is 0.251 e. The molecule has 0 spiro atoms. The van der Waals surface area contributed by atoms with Gasteiger partial charge in [0.1, 0.15) is 0 Å². The fourth-order valence-corrected chi connectivity index (χ4v) is 1.89. The van der Waals surface area contributed by atoms with E-state index in [1.54, 1.807) is 18.4 Å². The van der Waals surface area contributed by atoms with Crippen molar-refractivity contribution >= 4 is 16.7 Å². The van der Waals surface area contributed by atoms with Crippen LogP contribution in [-0.2, 0) is 10.8 Å². The number of hydrogen-bond donors (Lipinski definition) is 2. The van der Waals surface area contributed by atoms with E-state index in [0.717, 1.165) is 11.1 Å². The van der Waals surface area contributed by atoms with Crippen molar-refractivity contribution in [3.63, 3.8) is 0 Å². The highest BCUT2D eigenvalue weighted by Crippen LogP contribution is 2.10. The topological polar surface area (TPSA) is 66.4 Å². The van der Waals surface area contributed by atoms with Crippen LogP contribution in [0.5, 0.6) is 0 Å². The highest BCUT2D eigenvalue weighted by molar-refractivity contribution is 7.84. The number of aryl methyl sites for hydroxylation is 1. The molecule has 1 aromatic carbocycles. The standard InChI is InChI=1S/C16H21NO3S/c1-12-7-8-15(10-14(12)6-4-5-9-18)16(19)17-11-13(2)21(3)20/h7-8,10,13,18H,5,9,11H2,1-3H3,(H,17,19). The molecule has 2 unspecified atom stereocenters. The van der Waals surface area contributed by atoms with Gasteiger partial charge in [-0.25, -0.2) is 0 Å². The molecule has 114 valence electrons. The van der Waals surface area contributed by atoms with Gasteiger partial charge >= 0.3 is 0 Å². The molecule has 5 heteroatoms. The second-order valence-electron chi connectivity index (χ2n) is 4.82. The lowest BCUT2D eigenvalue weighted by Crippen LogP contribution is -2.32. The molecule has 0 aliphatic carbocycles. The van der Waals surface area contributed by atoms with Crippen molar-refractivity contribution in [2.45, 2.75) is 25.5 Å². The SMILES string of the molecule is Cc1ccc(C(=O)NCC(C)S(C)=O)cc1C#CCCO. The van der Waals surface area contributed by atoms with Gasteiger partial charge < -0.3 is 10.4 Å². The first-order valence-electron chi connectivity index (χ1n) is 6.76. The minimum Gasteiger partial charge on any atom is -0.395 e. The number of nitrogens with one attached hydrogen (secondary N) is 1. The summed E-state index contributed by atoms with van der Waals surface area (Å²) in [5.74, 6) is 5.61. The van der Waals surface area contributed by atoms with Crippen LogP contribution in [0, 0.1) is 18.8 Å². The lowest BCUT2D eigenvalue weighted by Gasteiger charge is -2.10. The number of rotatable bonds is 5. The molecule has 2 N–H and O–H groups in total. The normalized spacial score (nSPS) is 13.0. The van der Waals surface area contributed by atoms with Crippen molar-refractivity contribution in [3.8, 4) is 11.8 Å². The molecule has 0 saturated heterocycles. The van der Waals surface area contributed by atoms with Crippen LogP contribution < -0.4 is 5.32 Å². The highest BCUT2D eigenvalue weighted by atomic mass is 32.2. The van der Waals surface area contributed by atoms with E-state index in [9.17, 15) is 9.00 Å². The van der Waals surface area contributed by atoms with Crippen molar-refractivity contribution in [1.29, 1.82) is 0 Å². The number of aliphatic hydroxyl groups is 1. The summed E-state index contributed by atoms with van der Waals surface area (Å²) in [6.45, 7) is 4.16. The number of carbonyl (C=O) groups excluding carboxylic acids is 1. The molecule has 0 bridgehead atoms. The molecule has 0 fully saturated rings. The maximum absolute atomic E-state index is 12.1. The van der Waals surface area contributed by atoms with Crippen LogP contribution in [-0.4, -0.2) is 39.9 Å². The lowest BCUT2D eigenvalue weighted by atomic mass is 10.0. The third-order valence-corrected chi connectivity index (χ3v) is 4.38. The highest BCUT2D eigenvalue weighted by Gasteiger charge is 2.11. The fraction of sp³-hybridized carbons (Fsp3) is 0.438. The Bertz CT molecular complexity index is 587. The van der Waals surface area contributed by atoms with Crippen molar-refractivity contribution < 1.29 is 14.1 Å². The Hall–Kier alpha value is -1.64. The average Bonchev–Trinajstić information content (AvgIpc) is 2.46. The average molecular weight is 307 g/mol. The first-order chi connectivity index (χ1) is 9.95. The summed E-state index contributed by atoms with van der Waals surface area (Å²) < 4.78 is 11.3. The number of benzene rings is 1. The number of hydrogen-bond acceptors (Lipinski definition) is 3. The van der Waals surface area contributed by atoms with Gasteiger partial charge in [0.25, 0.3) is 5.91 Å². The Morgan fingerprint density at radius 1 is 1.48 bits per heavy atom. The Kier molecular flexibility index (Phi) is 7.13. The Balaban J connectivity index is 2.80. The molecule has 0 aliphatic heterocycles. The molecule has 2 atom stereocenters. The first-order valence-corrected chi connectivity index (χ1v) is 8.38. The molecule has 0 radical (unpaired) electrons. The largest absolute Gasteiger partial charge is 0.395 e. The van der Waals surface area contributed by atoms with Crippen LogP contribution in [0.4, 0.5) is 0 Å². The second kappa shape index (κ2) is 8.60. The Labute approximate surface area is 128 Å².